The molecule has 1 aromatic heterocycles. The van der Waals surface area contributed by atoms with E-state index in [-0.39, 0.29) is 11.4 Å². The standard InChI is InChI=1S/C25H28FN5O/c1-25(11-13-30(14-12-25)21-4-2-3-18(15-21)17-5-6-17)31-16-22(23(27)32)24(29-31)28-20-9-7-19(26)8-10-20/h2-4,7-10,15-17H,5-6,11-14H2,1H3,(H2,27,32)(H,28,29). The van der Waals surface area contributed by atoms with Gasteiger partial charge in [-0.15, -0.1) is 0 Å². The number of amides is 1. The lowest BCUT2D eigenvalue weighted by atomic mass is 9.89. The average Bonchev–Trinajstić information content (AvgIpc) is 3.55. The number of piperidine rings is 1. The second kappa shape index (κ2) is 7.97. The topological polar surface area (TPSA) is 76.2 Å². The Hall–Kier alpha value is -3.35. The van der Waals surface area contributed by atoms with Crippen LogP contribution in [0.2, 0.25) is 0 Å². The lowest BCUT2D eigenvalue weighted by Crippen LogP contribution is -2.44. The third-order valence-electron chi connectivity index (χ3n) is 6.76. The number of primary amides is 1. The molecule has 32 heavy (non-hydrogen) atoms. The quantitative estimate of drug-likeness (QED) is 0.588. The molecule has 0 radical (unpaired) electrons. The van der Waals surface area contributed by atoms with Gasteiger partial charge in [-0.1, -0.05) is 12.1 Å². The molecule has 1 aliphatic heterocycles. The molecule has 1 saturated carbocycles. The number of aromatic nitrogens is 2. The molecule has 166 valence electrons. The molecule has 3 aromatic rings. The lowest BCUT2D eigenvalue weighted by Gasteiger charge is -2.40. The van der Waals surface area contributed by atoms with Crippen LogP contribution in [0.1, 0.15) is 54.4 Å². The van der Waals surface area contributed by atoms with Gasteiger partial charge in [-0.2, -0.15) is 5.10 Å². The molecular weight excluding hydrogens is 405 g/mol. The van der Waals surface area contributed by atoms with E-state index in [1.165, 1.54) is 36.2 Å². The minimum atomic E-state index is -0.543. The molecule has 0 bridgehead atoms. The van der Waals surface area contributed by atoms with Gasteiger partial charge >= 0.3 is 0 Å². The van der Waals surface area contributed by atoms with Crippen molar-refractivity contribution in [3.05, 3.63) is 71.7 Å². The van der Waals surface area contributed by atoms with Gasteiger partial charge in [-0.3, -0.25) is 9.48 Å². The summed E-state index contributed by atoms with van der Waals surface area (Å²) in [4.78, 5) is 14.5. The van der Waals surface area contributed by atoms with Crippen molar-refractivity contribution in [1.29, 1.82) is 0 Å². The third-order valence-corrected chi connectivity index (χ3v) is 6.76. The van der Waals surface area contributed by atoms with E-state index in [9.17, 15) is 9.18 Å². The number of nitrogens with two attached hydrogens (primary N) is 1. The summed E-state index contributed by atoms with van der Waals surface area (Å²) >= 11 is 0. The number of hydrogen-bond donors (Lipinski definition) is 2. The molecule has 1 saturated heterocycles. The number of nitrogens with one attached hydrogen (secondary N) is 1. The molecule has 1 amide bonds. The molecule has 2 fully saturated rings. The predicted octanol–water partition coefficient (Wildman–Crippen LogP) is 4.76. The molecule has 0 unspecified atom stereocenters. The zero-order valence-corrected chi connectivity index (χ0v) is 18.2. The Morgan fingerprint density at radius 3 is 2.53 bits per heavy atom. The van der Waals surface area contributed by atoms with Crippen molar-refractivity contribution >= 4 is 23.1 Å². The van der Waals surface area contributed by atoms with Crippen LogP contribution in [-0.2, 0) is 5.54 Å². The molecule has 0 spiro atoms. The highest BCUT2D eigenvalue weighted by molar-refractivity contribution is 5.98. The maximum Gasteiger partial charge on any atom is 0.254 e. The summed E-state index contributed by atoms with van der Waals surface area (Å²) < 4.78 is 15.1. The van der Waals surface area contributed by atoms with Gasteiger partial charge in [0.1, 0.15) is 11.4 Å². The fraction of sp³-hybridized carbons (Fsp3) is 0.360. The van der Waals surface area contributed by atoms with Crippen LogP contribution < -0.4 is 16.0 Å². The van der Waals surface area contributed by atoms with Gasteiger partial charge in [0.2, 0.25) is 0 Å². The number of halogens is 1. The highest BCUT2D eigenvalue weighted by Crippen LogP contribution is 2.41. The summed E-state index contributed by atoms with van der Waals surface area (Å²) in [5.74, 6) is 0.273. The molecule has 0 atom stereocenters. The molecule has 7 heteroatoms. The first kappa shape index (κ1) is 20.5. The van der Waals surface area contributed by atoms with E-state index in [2.05, 4.69) is 46.5 Å². The van der Waals surface area contributed by atoms with Crippen molar-refractivity contribution < 1.29 is 9.18 Å². The normalized spacial score (nSPS) is 17.9. The van der Waals surface area contributed by atoms with Crippen molar-refractivity contribution in [1.82, 2.24) is 9.78 Å². The van der Waals surface area contributed by atoms with E-state index >= 15 is 0 Å². The van der Waals surface area contributed by atoms with Crippen molar-refractivity contribution in [2.24, 2.45) is 5.73 Å². The SMILES string of the molecule is CC1(n2cc(C(N)=O)c(Nc3ccc(F)cc3)n2)CCN(c2cccc(C3CC3)c2)CC1. The zero-order chi connectivity index (χ0) is 22.3. The molecule has 3 N–H and O–H groups in total. The summed E-state index contributed by atoms with van der Waals surface area (Å²) in [5.41, 5.74) is 9.11. The highest BCUT2D eigenvalue weighted by atomic mass is 19.1. The molecule has 2 aliphatic rings. The van der Waals surface area contributed by atoms with Gasteiger partial charge in [0.15, 0.2) is 5.82 Å². The van der Waals surface area contributed by atoms with Crippen LogP contribution in [0.15, 0.2) is 54.7 Å². The number of benzene rings is 2. The second-order valence-corrected chi connectivity index (χ2v) is 9.19. The number of carbonyl (C=O) groups is 1. The summed E-state index contributed by atoms with van der Waals surface area (Å²) in [6, 6.07) is 14.9. The molecule has 1 aliphatic carbocycles. The second-order valence-electron chi connectivity index (χ2n) is 9.19. The monoisotopic (exact) mass is 433 g/mol. The maximum atomic E-state index is 13.2. The fourth-order valence-electron chi connectivity index (χ4n) is 4.46. The number of rotatable bonds is 6. The van der Waals surface area contributed by atoms with Gasteiger partial charge in [0.05, 0.1) is 5.54 Å². The van der Waals surface area contributed by atoms with Crippen LogP contribution in [0, 0.1) is 5.82 Å². The van der Waals surface area contributed by atoms with Gasteiger partial charge < -0.3 is 16.0 Å². The predicted molar refractivity (Wildman–Crippen MR) is 124 cm³/mol. The van der Waals surface area contributed by atoms with Gasteiger partial charge in [-0.25, -0.2) is 4.39 Å². The fourth-order valence-corrected chi connectivity index (χ4v) is 4.46. The van der Waals surface area contributed by atoms with Gasteiger partial charge in [0, 0.05) is 30.7 Å². The number of carbonyl (C=O) groups excluding carboxylic acids is 1. The molecule has 2 aromatic carbocycles. The van der Waals surface area contributed by atoms with Crippen LogP contribution >= 0.6 is 0 Å². The summed E-state index contributed by atoms with van der Waals surface area (Å²) in [6.45, 7) is 4.00. The minimum absolute atomic E-state index is 0.225. The minimum Gasteiger partial charge on any atom is -0.371 e. The van der Waals surface area contributed by atoms with Crippen molar-refractivity contribution in [2.45, 2.75) is 44.1 Å². The van der Waals surface area contributed by atoms with E-state index in [0.717, 1.165) is 31.8 Å². The molecule has 6 nitrogen and oxygen atoms in total. The number of nitrogens with zero attached hydrogens (tertiary/aromatic N) is 3. The Bertz CT molecular complexity index is 1130. The lowest BCUT2D eigenvalue weighted by molar-refractivity contribution is 0.100. The van der Waals surface area contributed by atoms with E-state index in [1.54, 1.807) is 18.3 Å². The van der Waals surface area contributed by atoms with Crippen molar-refractivity contribution in [3.63, 3.8) is 0 Å². The van der Waals surface area contributed by atoms with E-state index in [4.69, 9.17) is 5.73 Å². The molecular formula is C25H28FN5O. The average molecular weight is 434 g/mol. The van der Waals surface area contributed by atoms with Crippen LogP contribution in [0.25, 0.3) is 0 Å². The van der Waals surface area contributed by atoms with Crippen molar-refractivity contribution in [2.75, 3.05) is 23.3 Å². The summed E-state index contributed by atoms with van der Waals surface area (Å²) in [6.07, 6.45) is 6.14. The number of hydrogen-bond acceptors (Lipinski definition) is 4. The Morgan fingerprint density at radius 1 is 1.16 bits per heavy atom. The first-order valence-electron chi connectivity index (χ1n) is 11.2. The summed E-state index contributed by atoms with van der Waals surface area (Å²) in [7, 11) is 0. The molecule has 5 rings (SSSR count). The Balaban J connectivity index is 1.33. The van der Waals surface area contributed by atoms with E-state index in [0.29, 0.717) is 17.1 Å². The van der Waals surface area contributed by atoms with E-state index < -0.39 is 5.91 Å². The van der Waals surface area contributed by atoms with Crippen LogP contribution in [0.4, 0.5) is 21.6 Å². The maximum absolute atomic E-state index is 13.2. The smallest absolute Gasteiger partial charge is 0.254 e. The van der Waals surface area contributed by atoms with Crippen LogP contribution in [-0.4, -0.2) is 28.8 Å². The largest absolute Gasteiger partial charge is 0.371 e. The van der Waals surface area contributed by atoms with Crippen molar-refractivity contribution in [3.8, 4) is 0 Å². The van der Waals surface area contributed by atoms with Crippen LogP contribution in [0.5, 0.6) is 0 Å². The Kier molecular flexibility index (Phi) is 5.12. The zero-order valence-electron chi connectivity index (χ0n) is 18.2. The van der Waals surface area contributed by atoms with Crippen LogP contribution in [0.3, 0.4) is 0 Å². The summed E-state index contributed by atoms with van der Waals surface area (Å²) in [5, 5.41) is 7.79. The highest BCUT2D eigenvalue weighted by Gasteiger charge is 2.34. The Morgan fingerprint density at radius 2 is 1.88 bits per heavy atom. The first-order chi connectivity index (χ1) is 15.4. The third kappa shape index (κ3) is 4.07. The number of anilines is 3. The Labute approximate surface area is 187 Å². The first-order valence-corrected chi connectivity index (χ1v) is 11.2. The van der Waals surface area contributed by atoms with E-state index in [1.807, 2.05) is 4.68 Å². The van der Waals surface area contributed by atoms with Gasteiger partial charge in [0.25, 0.3) is 5.91 Å². The van der Waals surface area contributed by atoms with Gasteiger partial charge in [-0.05, 0) is 80.5 Å². The molecule has 2 heterocycles.